The van der Waals surface area contributed by atoms with Crippen LogP contribution in [-0.4, -0.2) is 24.2 Å². The molecule has 0 atom stereocenters. The van der Waals surface area contributed by atoms with Crippen LogP contribution < -0.4 is 4.74 Å². The lowest BCUT2D eigenvalue weighted by atomic mass is 10.1. The number of aryl methyl sites for hydroxylation is 2. The fourth-order valence-corrected chi connectivity index (χ4v) is 4.47. The third-order valence-electron chi connectivity index (χ3n) is 4.48. The van der Waals surface area contributed by atoms with Gasteiger partial charge in [0, 0.05) is 0 Å². The van der Waals surface area contributed by atoms with Crippen LogP contribution in [-0.2, 0) is 15.4 Å². The lowest BCUT2D eigenvalue weighted by Crippen LogP contribution is -2.26. The number of carbonyl (C=O) groups is 1. The monoisotopic (exact) mass is 430 g/mol. The minimum absolute atomic E-state index is 0.0489. The fraction of sp³-hybridized carbons (Fsp3) is 0.273. The zero-order chi connectivity index (χ0) is 22.3. The summed E-state index contributed by atoms with van der Waals surface area (Å²) < 4.78 is 47.7. The Morgan fingerprint density at radius 3 is 2.20 bits per heavy atom. The standard InChI is InChI=1S/C22H23FN2O4S/c1-14-10-12-16(13-11-14)30(27,28)19-15(2)24-25(22(3,4)5)20(19)29-21(26)17-8-6-7-9-18(17)23/h6-13H,1-5H3. The van der Waals surface area contributed by atoms with Gasteiger partial charge in [-0.25, -0.2) is 22.3 Å². The summed E-state index contributed by atoms with van der Waals surface area (Å²) >= 11 is 0. The number of hydrogen-bond acceptors (Lipinski definition) is 5. The van der Waals surface area contributed by atoms with Crippen molar-refractivity contribution in [2.75, 3.05) is 0 Å². The van der Waals surface area contributed by atoms with Gasteiger partial charge in [-0.2, -0.15) is 5.10 Å². The fourth-order valence-electron chi connectivity index (χ4n) is 2.95. The van der Waals surface area contributed by atoms with Gasteiger partial charge in [0.2, 0.25) is 15.7 Å². The van der Waals surface area contributed by atoms with Gasteiger partial charge in [0.05, 0.1) is 21.7 Å². The molecule has 0 saturated carbocycles. The number of benzene rings is 2. The number of nitrogens with zero attached hydrogens (tertiary/aromatic N) is 2. The molecule has 2 aromatic carbocycles. The summed E-state index contributed by atoms with van der Waals surface area (Å²) in [5, 5.41) is 4.33. The zero-order valence-corrected chi connectivity index (χ0v) is 18.2. The Balaban J connectivity index is 2.19. The molecule has 1 aromatic heterocycles. The molecule has 0 unspecified atom stereocenters. The van der Waals surface area contributed by atoms with E-state index in [9.17, 15) is 17.6 Å². The SMILES string of the molecule is Cc1ccc(S(=O)(=O)c2c(C)nn(C(C)(C)C)c2OC(=O)c2ccccc2F)cc1. The number of halogens is 1. The molecule has 3 rings (SSSR count). The molecule has 6 nitrogen and oxygen atoms in total. The van der Waals surface area contributed by atoms with Crippen molar-refractivity contribution in [2.24, 2.45) is 0 Å². The molecule has 0 saturated heterocycles. The quantitative estimate of drug-likeness (QED) is 0.572. The normalized spacial score (nSPS) is 12.1. The Kier molecular flexibility index (Phi) is 5.56. The van der Waals surface area contributed by atoms with E-state index < -0.39 is 27.2 Å². The van der Waals surface area contributed by atoms with Gasteiger partial charge in [-0.05, 0) is 58.9 Å². The van der Waals surface area contributed by atoms with Crippen molar-refractivity contribution in [3.63, 3.8) is 0 Å². The number of hydrogen-bond donors (Lipinski definition) is 0. The van der Waals surface area contributed by atoms with Crippen LogP contribution in [0.4, 0.5) is 4.39 Å². The molecule has 0 amide bonds. The number of ether oxygens (including phenoxy) is 1. The van der Waals surface area contributed by atoms with Crippen molar-refractivity contribution >= 4 is 15.8 Å². The predicted molar refractivity (Wildman–Crippen MR) is 110 cm³/mol. The van der Waals surface area contributed by atoms with E-state index in [4.69, 9.17) is 4.74 Å². The van der Waals surface area contributed by atoms with Crippen LogP contribution in [0.25, 0.3) is 0 Å². The number of rotatable bonds is 4. The van der Waals surface area contributed by atoms with Crippen molar-refractivity contribution < 1.29 is 22.3 Å². The first-order valence-corrected chi connectivity index (χ1v) is 10.8. The van der Waals surface area contributed by atoms with Gasteiger partial charge in [0.15, 0.2) is 4.90 Å². The van der Waals surface area contributed by atoms with Gasteiger partial charge < -0.3 is 4.74 Å². The van der Waals surface area contributed by atoms with Gasteiger partial charge in [0.1, 0.15) is 5.82 Å². The molecule has 0 fully saturated rings. The van der Waals surface area contributed by atoms with Crippen molar-refractivity contribution in [3.8, 4) is 5.88 Å². The summed E-state index contributed by atoms with van der Waals surface area (Å²) in [6, 6.07) is 11.7. The molecule has 0 aliphatic carbocycles. The van der Waals surface area contributed by atoms with Gasteiger partial charge in [-0.3, -0.25) is 0 Å². The van der Waals surface area contributed by atoms with E-state index in [1.54, 1.807) is 32.9 Å². The average Bonchev–Trinajstić information content (AvgIpc) is 2.99. The largest absolute Gasteiger partial charge is 0.403 e. The second-order valence-corrected chi connectivity index (χ2v) is 9.87. The summed E-state index contributed by atoms with van der Waals surface area (Å²) in [4.78, 5) is 12.5. The molecule has 1 heterocycles. The number of esters is 1. The van der Waals surface area contributed by atoms with E-state index in [-0.39, 0.29) is 26.9 Å². The molecule has 3 aromatic rings. The lowest BCUT2D eigenvalue weighted by Gasteiger charge is -2.22. The molecule has 8 heteroatoms. The molecule has 0 radical (unpaired) electrons. The predicted octanol–water partition coefficient (Wildman–Crippen LogP) is 4.45. The van der Waals surface area contributed by atoms with Crippen molar-refractivity contribution in [1.29, 1.82) is 0 Å². The molecular weight excluding hydrogens is 407 g/mol. The van der Waals surface area contributed by atoms with Crippen LogP contribution in [0.5, 0.6) is 5.88 Å². The van der Waals surface area contributed by atoms with Crippen LogP contribution in [0.1, 0.15) is 42.4 Å². The lowest BCUT2D eigenvalue weighted by molar-refractivity contribution is 0.0699. The Labute approximate surface area is 175 Å². The second-order valence-electron chi connectivity index (χ2n) is 7.99. The maximum Gasteiger partial charge on any atom is 0.347 e. The Bertz CT molecular complexity index is 1210. The molecule has 0 N–H and O–H groups in total. The summed E-state index contributed by atoms with van der Waals surface area (Å²) in [6.45, 7) is 8.76. The molecule has 0 aliphatic rings. The van der Waals surface area contributed by atoms with E-state index >= 15 is 0 Å². The molecule has 158 valence electrons. The highest BCUT2D eigenvalue weighted by Crippen LogP contribution is 2.36. The average molecular weight is 431 g/mol. The first kappa shape index (κ1) is 21.7. The minimum atomic E-state index is -4.05. The Morgan fingerprint density at radius 1 is 1.03 bits per heavy atom. The number of carbonyl (C=O) groups excluding carboxylic acids is 1. The van der Waals surface area contributed by atoms with Gasteiger partial charge in [-0.15, -0.1) is 0 Å². The van der Waals surface area contributed by atoms with Crippen LogP contribution in [0, 0.1) is 19.7 Å². The molecule has 0 bridgehead atoms. The van der Waals surface area contributed by atoms with Crippen molar-refractivity contribution in [3.05, 3.63) is 71.2 Å². The van der Waals surface area contributed by atoms with Crippen LogP contribution in [0.2, 0.25) is 0 Å². The summed E-state index contributed by atoms with van der Waals surface area (Å²) in [7, 11) is -4.05. The minimum Gasteiger partial charge on any atom is -0.403 e. The van der Waals surface area contributed by atoms with Crippen LogP contribution in [0.3, 0.4) is 0 Å². The van der Waals surface area contributed by atoms with Gasteiger partial charge >= 0.3 is 5.97 Å². The van der Waals surface area contributed by atoms with Crippen molar-refractivity contribution in [1.82, 2.24) is 9.78 Å². The Hall–Kier alpha value is -3.00. The van der Waals surface area contributed by atoms with Crippen LogP contribution in [0.15, 0.2) is 58.3 Å². The van der Waals surface area contributed by atoms with Crippen molar-refractivity contribution in [2.45, 2.75) is 49.9 Å². The maximum atomic E-state index is 14.1. The maximum absolute atomic E-state index is 14.1. The highest BCUT2D eigenvalue weighted by Gasteiger charge is 2.35. The van der Waals surface area contributed by atoms with E-state index in [1.165, 1.54) is 41.9 Å². The van der Waals surface area contributed by atoms with E-state index in [1.807, 2.05) is 6.92 Å². The molecule has 0 spiro atoms. The zero-order valence-electron chi connectivity index (χ0n) is 17.4. The van der Waals surface area contributed by atoms with Crippen LogP contribution >= 0.6 is 0 Å². The summed E-state index contributed by atoms with van der Waals surface area (Å²) in [5.74, 6) is -2.00. The summed E-state index contributed by atoms with van der Waals surface area (Å²) in [5.41, 5.74) is 0.0935. The highest BCUT2D eigenvalue weighted by molar-refractivity contribution is 7.91. The number of sulfone groups is 1. The third-order valence-corrected chi connectivity index (χ3v) is 6.38. The smallest absolute Gasteiger partial charge is 0.347 e. The van der Waals surface area contributed by atoms with E-state index in [2.05, 4.69) is 5.10 Å². The molecule has 0 aliphatic heterocycles. The molecule has 30 heavy (non-hydrogen) atoms. The first-order chi connectivity index (χ1) is 13.9. The van der Waals surface area contributed by atoms with E-state index in [0.29, 0.717) is 0 Å². The van der Waals surface area contributed by atoms with Gasteiger partial charge in [-0.1, -0.05) is 29.8 Å². The highest BCUT2D eigenvalue weighted by atomic mass is 32.2. The first-order valence-electron chi connectivity index (χ1n) is 9.31. The Morgan fingerprint density at radius 2 is 1.63 bits per heavy atom. The summed E-state index contributed by atoms with van der Waals surface area (Å²) in [6.07, 6.45) is 0. The van der Waals surface area contributed by atoms with E-state index in [0.717, 1.165) is 11.6 Å². The van der Waals surface area contributed by atoms with Gasteiger partial charge in [0.25, 0.3) is 0 Å². The third kappa shape index (κ3) is 4.00. The topological polar surface area (TPSA) is 78.3 Å². The number of aromatic nitrogens is 2. The second kappa shape index (κ2) is 7.68. The molecular formula is C22H23FN2O4S.